The van der Waals surface area contributed by atoms with E-state index in [0.29, 0.717) is 37.0 Å². The lowest BCUT2D eigenvalue weighted by atomic mass is 9.94. The molecule has 146 valence electrons. The molecule has 0 bridgehead atoms. The Kier molecular flexibility index (Phi) is 4.71. The van der Waals surface area contributed by atoms with Gasteiger partial charge in [0.05, 0.1) is 0 Å². The summed E-state index contributed by atoms with van der Waals surface area (Å²) in [5, 5.41) is 0. The summed E-state index contributed by atoms with van der Waals surface area (Å²) in [5.74, 6) is 1.14. The van der Waals surface area contributed by atoms with Gasteiger partial charge >= 0.3 is 0 Å². The van der Waals surface area contributed by atoms with Crippen LogP contribution in [-0.4, -0.2) is 62.2 Å². The predicted molar refractivity (Wildman–Crippen MR) is 103 cm³/mol. The first-order valence-corrected chi connectivity index (χ1v) is 11.0. The van der Waals surface area contributed by atoms with Gasteiger partial charge < -0.3 is 15.5 Å². The molecule has 0 spiro atoms. The molecule has 2 fully saturated rings. The first-order valence-electron chi connectivity index (χ1n) is 9.60. The normalized spacial score (nSPS) is 27.6. The fraction of sp³-hybridized carbons (Fsp3) is 0.579. The Hall–Kier alpha value is -1.93. The maximum Gasteiger partial charge on any atom is 0.285 e. The lowest BCUT2D eigenvalue weighted by molar-refractivity contribution is -0.137. The lowest BCUT2D eigenvalue weighted by Crippen LogP contribution is -2.45. The minimum Gasteiger partial charge on any atom is -0.355 e. The molecule has 0 radical (unpaired) electrons. The Morgan fingerprint density at radius 2 is 1.96 bits per heavy atom. The van der Waals surface area contributed by atoms with Crippen molar-refractivity contribution in [3.05, 3.63) is 29.8 Å². The average molecular weight is 391 g/mol. The number of piperidine rings is 1. The molecule has 7 nitrogen and oxygen atoms in total. The average Bonchev–Trinajstić information content (AvgIpc) is 3.19. The molecule has 1 amide bonds. The summed E-state index contributed by atoms with van der Waals surface area (Å²) in [6.07, 6.45) is 2.42. The van der Waals surface area contributed by atoms with E-state index >= 15 is 0 Å². The van der Waals surface area contributed by atoms with Crippen LogP contribution < -0.4 is 5.73 Å². The summed E-state index contributed by atoms with van der Waals surface area (Å²) in [6.45, 7) is 4.76. The van der Waals surface area contributed by atoms with Crippen molar-refractivity contribution in [3.8, 4) is 0 Å². The molecule has 3 aliphatic rings. The van der Waals surface area contributed by atoms with Gasteiger partial charge in [0, 0.05) is 37.2 Å². The fourth-order valence-corrected chi connectivity index (χ4v) is 5.74. The van der Waals surface area contributed by atoms with E-state index in [1.165, 1.54) is 0 Å². The van der Waals surface area contributed by atoms with Crippen molar-refractivity contribution in [1.82, 2.24) is 9.80 Å². The lowest BCUT2D eigenvalue weighted by Gasteiger charge is -2.35. The quantitative estimate of drug-likeness (QED) is 0.814. The van der Waals surface area contributed by atoms with Gasteiger partial charge in [0.25, 0.3) is 10.0 Å². The summed E-state index contributed by atoms with van der Waals surface area (Å²) in [6, 6.07) is 7.19. The number of hydrogen-bond acceptors (Lipinski definition) is 5. The smallest absolute Gasteiger partial charge is 0.285 e. The highest BCUT2D eigenvalue weighted by Crippen LogP contribution is 2.31. The molecule has 2 saturated heterocycles. The third kappa shape index (κ3) is 3.25. The van der Waals surface area contributed by atoms with Gasteiger partial charge in [-0.15, -0.1) is 4.40 Å². The maximum atomic E-state index is 12.9. The number of fused-ring (bicyclic) bond motifs is 1. The van der Waals surface area contributed by atoms with Gasteiger partial charge in [0.1, 0.15) is 4.90 Å². The van der Waals surface area contributed by atoms with E-state index in [-0.39, 0.29) is 22.8 Å². The zero-order valence-corrected chi connectivity index (χ0v) is 16.4. The van der Waals surface area contributed by atoms with Crippen molar-refractivity contribution in [3.63, 3.8) is 0 Å². The van der Waals surface area contributed by atoms with Crippen LogP contribution in [0.5, 0.6) is 0 Å². The fourth-order valence-electron chi connectivity index (χ4n) is 4.51. The number of sulfonamides is 1. The van der Waals surface area contributed by atoms with Crippen molar-refractivity contribution in [2.45, 2.75) is 37.1 Å². The second-order valence-electron chi connectivity index (χ2n) is 7.82. The number of carbonyl (C=O) groups is 1. The number of nitrogens with zero attached hydrogens (tertiary/aromatic N) is 3. The summed E-state index contributed by atoms with van der Waals surface area (Å²) in [5.41, 5.74) is 6.45. The Balaban J connectivity index is 1.44. The maximum absolute atomic E-state index is 12.9. The van der Waals surface area contributed by atoms with Crippen LogP contribution in [0.1, 0.15) is 31.7 Å². The summed E-state index contributed by atoms with van der Waals surface area (Å²) < 4.78 is 28.5. The summed E-state index contributed by atoms with van der Waals surface area (Å²) in [4.78, 5) is 17.2. The monoisotopic (exact) mass is 390 g/mol. The molecule has 0 aliphatic carbocycles. The van der Waals surface area contributed by atoms with Crippen LogP contribution >= 0.6 is 0 Å². The first-order chi connectivity index (χ1) is 12.9. The van der Waals surface area contributed by atoms with Crippen LogP contribution in [0.4, 0.5) is 0 Å². The second-order valence-corrected chi connectivity index (χ2v) is 9.40. The highest BCUT2D eigenvalue weighted by Gasteiger charge is 2.38. The van der Waals surface area contributed by atoms with Crippen molar-refractivity contribution in [2.75, 3.05) is 26.2 Å². The topological polar surface area (TPSA) is 96.1 Å². The van der Waals surface area contributed by atoms with Crippen molar-refractivity contribution < 1.29 is 13.2 Å². The Morgan fingerprint density at radius 3 is 2.63 bits per heavy atom. The number of benzene rings is 1. The Morgan fingerprint density at radius 1 is 1.26 bits per heavy atom. The molecule has 2 unspecified atom stereocenters. The van der Waals surface area contributed by atoms with Crippen molar-refractivity contribution >= 4 is 21.8 Å². The van der Waals surface area contributed by atoms with Crippen molar-refractivity contribution in [1.29, 1.82) is 0 Å². The molecule has 0 aromatic heterocycles. The number of amidine groups is 1. The predicted octanol–water partition coefficient (Wildman–Crippen LogP) is 1.04. The number of amides is 1. The van der Waals surface area contributed by atoms with Crippen LogP contribution in [-0.2, 0) is 14.8 Å². The van der Waals surface area contributed by atoms with Gasteiger partial charge in [-0.1, -0.05) is 12.1 Å². The number of carbonyl (C=O) groups excluding carboxylic acids is 1. The molecule has 1 aromatic carbocycles. The van der Waals surface area contributed by atoms with Crippen LogP contribution in [0.25, 0.3) is 0 Å². The molecule has 3 heterocycles. The zero-order valence-electron chi connectivity index (χ0n) is 15.5. The van der Waals surface area contributed by atoms with Gasteiger partial charge in [0.2, 0.25) is 5.91 Å². The van der Waals surface area contributed by atoms with Gasteiger partial charge in [-0.2, -0.15) is 8.42 Å². The number of hydrogen-bond donors (Lipinski definition) is 1. The van der Waals surface area contributed by atoms with E-state index in [1.807, 2.05) is 15.9 Å². The van der Waals surface area contributed by atoms with E-state index in [4.69, 9.17) is 5.73 Å². The molecule has 0 saturated carbocycles. The number of rotatable bonds is 2. The highest BCUT2D eigenvalue weighted by molar-refractivity contribution is 7.90. The SMILES string of the molecule is CC1CC(CN)CN1C(=O)C1CCN(C2=NS(=O)(=O)c3ccccc32)CC1. The number of likely N-dealkylation sites (tertiary alicyclic amines) is 2. The molecule has 2 atom stereocenters. The van der Waals surface area contributed by atoms with E-state index in [2.05, 4.69) is 11.3 Å². The molecular formula is C19H26N4O3S. The third-order valence-electron chi connectivity index (χ3n) is 6.03. The molecule has 1 aromatic rings. The molecule has 2 N–H and O–H groups in total. The second kappa shape index (κ2) is 6.91. The van der Waals surface area contributed by atoms with Crippen LogP contribution in [0.2, 0.25) is 0 Å². The Labute approximate surface area is 160 Å². The largest absolute Gasteiger partial charge is 0.355 e. The van der Waals surface area contributed by atoms with Crippen LogP contribution in [0, 0.1) is 11.8 Å². The minimum absolute atomic E-state index is 0.00548. The van der Waals surface area contributed by atoms with Gasteiger partial charge in [0.15, 0.2) is 5.84 Å². The molecule has 4 rings (SSSR count). The minimum atomic E-state index is -3.60. The zero-order chi connectivity index (χ0) is 19.2. The van der Waals surface area contributed by atoms with Gasteiger partial charge in [-0.3, -0.25) is 4.79 Å². The molecule has 27 heavy (non-hydrogen) atoms. The van der Waals surface area contributed by atoms with Crippen molar-refractivity contribution in [2.24, 2.45) is 22.0 Å². The standard InChI is InChI=1S/C19H26N4O3S/c1-13-10-14(11-20)12-23(13)19(24)15-6-8-22(9-7-15)18-16-4-2-3-5-17(16)27(25,26)21-18/h2-5,13-15H,6-12,20H2,1H3. The van der Waals surface area contributed by atoms with Gasteiger partial charge in [-0.05, 0) is 50.8 Å². The molecule has 3 aliphatic heterocycles. The van der Waals surface area contributed by atoms with Gasteiger partial charge in [-0.25, -0.2) is 0 Å². The first kappa shape index (κ1) is 18.4. The third-order valence-corrected chi connectivity index (χ3v) is 7.36. The number of nitrogens with two attached hydrogens (primary N) is 1. The summed E-state index contributed by atoms with van der Waals surface area (Å²) in [7, 11) is -3.60. The van der Waals surface area contributed by atoms with E-state index in [9.17, 15) is 13.2 Å². The van der Waals surface area contributed by atoms with E-state index < -0.39 is 10.0 Å². The summed E-state index contributed by atoms with van der Waals surface area (Å²) >= 11 is 0. The Bertz CT molecular complexity index is 875. The van der Waals surface area contributed by atoms with E-state index in [1.54, 1.807) is 18.2 Å². The highest BCUT2D eigenvalue weighted by atomic mass is 32.2. The van der Waals surface area contributed by atoms with Crippen LogP contribution in [0.15, 0.2) is 33.6 Å². The van der Waals surface area contributed by atoms with E-state index in [0.717, 1.165) is 25.8 Å². The van der Waals surface area contributed by atoms with Crippen LogP contribution in [0.3, 0.4) is 0 Å². The molecular weight excluding hydrogens is 364 g/mol. The molecule has 8 heteroatoms.